The highest BCUT2D eigenvalue weighted by Crippen LogP contribution is 2.32. The molecule has 3 atom stereocenters. The first-order valence-corrected chi connectivity index (χ1v) is 9.21. The maximum Gasteiger partial charge on any atom is 0.322 e. The first-order valence-electron chi connectivity index (χ1n) is 8.04. The van der Waals surface area contributed by atoms with E-state index in [0.29, 0.717) is 25.9 Å². The van der Waals surface area contributed by atoms with Gasteiger partial charge in [0, 0.05) is 13.1 Å². The highest BCUT2D eigenvalue weighted by molar-refractivity contribution is 7.80. The predicted molar refractivity (Wildman–Crippen MR) is 89.6 cm³/mol. The Balaban J connectivity index is 1.73. The summed E-state index contributed by atoms with van der Waals surface area (Å²) in [5.74, 6) is -0.664. The summed E-state index contributed by atoms with van der Waals surface area (Å²) in [5.41, 5.74) is -0.430. The third kappa shape index (κ3) is 3.44. The van der Waals surface area contributed by atoms with Crippen LogP contribution in [0.1, 0.15) is 31.2 Å². The molecule has 0 spiro atoms. The molecule has 7 nitrogen and oxygen atoms in total. The van der Waals surface area contributed by atoms with Crippen LogP contribution in [0.15, 0.2) is 24.3 Å². The van der Waals surface area contributed by atoms with Crippen LogP contribution in [-0.4, -0.2) is 49.6 Å². The van der Waals surface area contributed by atoms with Gasteiger partial charge in [-0.2, -0.15) is 0 Å². The third-order valence-corrected chi connectivity index (χ3v) is 6.11. The second-order valence-corrected chi connectivity index (χ2v) is 7.60. The Kier molecular flexibility index (Phi) is 4.90. The molecule has 25 heavy (non-hydrogen) atoms. The summed E-state index contributed by atoms with van der Waals surface area (Å²) in [6.45, 7) is 2.45. The Labute approximate surface area is 147 Å². The lowest BCUT2D eigenvalue weighted by Gasteiger charge is -2.41. The molecule has 0 aliphatic carbocycles. The molecule has 9 heteroatoms. The second-order valence-electron chi connectivity index (χ2n) is 6.60. The van der Waals surface area contributed by atoms with Crippen LogP contribution >= 0.6 is 0 Å². The normalized spacial score (nSPS) is 27.6. The minimum absolute atomic E-state index is 0.226. The van der Waals surface area contributed by atoms with E-state index in [1.54, 1.807) is 17.0 Å². The second kappa shape index (κ2) is 6.81. The van der Waals surface area contributed by atoms with Crippen LogP contribution in [0.2, 0.25) is 0 Å². The number of nitrogens with zero attached hydrogens (tertiary/aromatic N) is 1. The quantitative estimate of drug-likeness (QED) is 0.546. The van der Waals surface area contributed by atoms with Gasteiger partial charge in [-0.1, -0.05) is 12.1 Å². The van der Waals surface area contributed by atoms with E-state index in [2.05, 4.69) is 10.6 Å². The Bertz CT molecular complexity index is 706. The molecule has 2 aliphatic rings. The standard InChI is InChI=1S/C16H20FN3O4S/c1-16(13(21)18-15(22)19-16)14(25(23)24)20-8-6-11(7-9-20)10-2-4-12(17)5-3-10/h2-5,11,14H,6-9H2,1H3,(H,23,24)(H2,18,19,21,22). The molecule has 2 fully saturated rings. The number of benzene rings is 1. The molecule has 136 valence electrons. The molecule has 2 saturated heterocycles. The number of carbonyl (C=O) groups excluding carboxylic acids is 2. The van der Waals surface area contributed by atoms with Crippen molar-refractivity contribution in [1.29, 1.82) is 0 Å². The van der Waals surface area contributed by atoms with Crippen molar-refractivity contribution < 1.29 is 22.7 Å². The molecule has 3 unspecified atom stereocenters. The van der Waals surface area contributed by atoms with Crippen LogP contribution in [0.4, 0.5) is 9.18 Å². The molecule has 3 amide bonds. The lowest BCUT2D eigenvalue weighted by molar-refractivity contribution is -0.124. The number of likely N-dealkylation sites (tertiary alicyclic amines) is 1. The average Bonchev–Trinajstić information content (AvgIpc) is 2.81. The molecule has 2 heterocycles. The van der Waals surface area contributed by atoms with Gasteiger partial charge in [0.25, 0.3) is 5.91 Å². The monoisotopic (exact) mass is 369 g/mol. The molecule has 1 aromatic rings. The van der Waals surface area contributed by atoms with Gasteiger partial charge in [-0.25, -0.2) is 13.4 Å². The molecule has 3 rings (SSSR count). The predicted octanol–water partition coefficient (Wildman–Crippen LogP) is 1.15. The van der Waals surface area contributed by atoms with Gasteiger partial charge in [0.1, 0.15) is 16.7 Å². The van der Waals surface area contributed by atoms with Crippen LogP contribution < -0.4 is 10.6 Å². The number of hydrogen-bond acceptors (Lipinski definition) is 4. The maximum absolute atomic E-state index is 13.1. The molecule has 1 aromatic carbocycles. The van der Waals surface area contributed by atoms with Gasteiger partial charge in [-0.05, 0) is 43.4 Å². The Morgan fingerprint density at radius 3 is 2.36 bits per heavy atom. The van der Waals surface area contributed by atoms with E-state index in [-0.39, 0.29) is 11.7 Å². The number of urea groups is 1. The molecule has 0 aromatic heterocycles. The van der Waals surface area contributed by atoms with Gasteiger partial charge in [-0.15, -0.1) is 0 Å². The fourth-order valence-corrected chi connectivity index (χ4v) is 4.66. The van der Waals surface area contributed by atoms with Gasteiger partial charge in [0.05, 0.1) is 0 Å². The van der Waals surface area contributed by atoms with E-state index < -0.39 is 33.9 Å². The highest BCUT2D eigenvalue weighted by Gasteiger charge is 2.53. The Morgan fingerprint density at radius 2 is 1.88 bits per heavy atom. The largest absolute Gasteiger partial charge is 0.322 e. The Hall–Kier alpha value is -1.84. The first kappa shape index (κ1) is 18.0. The maximum atomic E-state index is 13.1. The fourth-order valence-electron chi connectivity index (χ4n) is 3.63. The molecule has 0 bridgehead atoms. The molecule has 0 saturated carbocycles. The van der Waals surface area contributed by atoms with Crippen molar-refractivity contribution in [2.24, 2.45) is 0 Å². The van der Waals surface area contributed by atoms with Gasteiger partial charge in [0.2, 0.25) is 0 Å². The van der Waals surface area contributed by atoms with Crippen molar-refractivity contribution >= 4 is 23.0 Å². The Morgan fingerprint density at radius 1 is 1.28 bits per heavy atom. The summed E-state index contributed by atoms with van der Waals surface area (Å²) >= 11 is -2.32. The van der Waals surface area contributed by atoms with Crippen molar-refractivity contribution in [3.05, 3.63) is 35.6 Å². The van der Waals surface area contributed by atoms with Crippen LogP contribution in [0.3, 0.4) is 0 Å². The number of hydrogen-bond donors (Lipinski definition) is 3. The van der Waals surface area contributed by atoms with E-state index >= 15 is 0 Å². The van der Waals surface area contributed by atoms with E-state index in [1.807, 2.05) is 0 Å². The summed E-state index contributed by atoms with van der Waals surface area (Å²) in [5, 5.41) is 3.56. The van der Waals surface area contributed by atoms with Gasteiger partial charge in [-0.3, -0.25) is 15.0 Å². The number of amides is 3. The topological polar surface area (TPSA) is 98.7 Å². The zero-order valence-electron chi connectivity index (χ0n) is 13.7. The van der Waals surface area contributed by atoms with Crippen LogP contribution in [-0.2, 0) is 15.9 Å². The number of piperidine rings is 1. The average molecular weight is 369 g/mol. The smallest absolute Gasteiger partial charge is 0.321 e. The summed E-state index contributed by atoms with van der Waals surface area (Å²) in [6.07, 6.45) is 1.43. The zero-order valence-corrected chi connectivity index (χ0v) is 14.5. The third-order valence-electron chi connectivity index (χ3n) is 4.96. The van der Waals surface area contributed by atoms with Crippen molar-refractivity contribution in [1.82, 2.24) is 15.5 Å². The van der Waals surface area contributed by atoms with Crippen molar-refractivity contribution in [3.8, 4) is 0 Å². The van der Waals surface area contributed by atoms with Crippen LogP contribution in [0, 0.1) is 5.82 Å². The van der Waals surface area contributed by atoms with Gasteiger partial charge >= 0.3 is 6.03 Å². The minimum atomic E-state index is -2.32. The summed E-state index contributed by atoms with van der Waals surface area (Å²) < 4.78 is 34.7. The van der Waals surface area contributed by atoms with Crippen molar-refractivity contribution in [2.75, 3.05) is 13.1 Å². The van der Waals surface area contributed by atoms with Gasteiger partial charge < -0.3 is 9.87 Å². The van der Waals surface area contributed by atoms with Gasteiger partial charge in [0.15, 0.2) is 11.1 Å². The lowest BCUT2D eigenvalue weighted by Crippen LogP contribution is -2.63. The highest BCUT2D eigenvalue weighted by atomic mass is 32.2. The number of rotatable bonds is 4. The number of carbonyl (C=O) groups is 2. The first-order chi connectivity index (χ1) is 11.8. The minimum Gasteiger partial charge on any atom is -0.321 e. The molecule has 0 radical (unpaired) electrons. The lowest BCUT2D eigenvalue weighted by atomic mass is 9.88. The summed E-state index contributed by atoms with van der Waals surface area (Å²) in [7, 11) is 0. The van der Waals surface area contributed by atoms with Crippen molar-refractivity contribution in [3.63, 3.8) is 0 Å². The molecular weight excluding hydrogens is 349 g/mol. The number of imide groups is 1. The fraction of sp³-hybridized carbons (Fsp3) is 0.500. The zero-order chi connectivity index (χ0) is 18.2. The van der Waals surface area contributed by atoms with Crippen LogP contribution in [0.25, 0.3) is 0 Å². The number of halogens is 1. The van der Waals surface area contributed by atoms with Crippen molar-refractivity contribution in [2.45, 2.75) is 36.6 Å². The summed E-state index contributed by atoms with van der Waals surface area (Å²) in [6, 6.07) is 5.69. The van der Waals surface area contributed by atoms with E-state index in [4.69, 9.17) is 0 Å². The van der Waals surface area contributed by atoms with E-state index in [0.717, 1.165) is 5.56 Å². The SMILES string of the molecule is CC1(C(N2CCC(c3ccc(F)cc3)CC2)S(=O)O)NC(=O)NC1=O. The van der Waals surface area contributed by atoms with E-state index in [1.165, 1.54) is 19.1 Å². The molecule has 2 aliphatic heterocycles. The summed E-state index contributed by atoms with van der Waals surface area (Å²) in [4.78, 5) is 25.3. The van der Waals surface area contributed by atoms with Crippen LogP contribution in [0.5, 0.6) is 0 Å². The van der Waals surface area contributed by atoms with E-state index in [9.17, 15) is 22.7 Å². The molecule has 3 N–H and O–H groups in total. The molecular formula is C16H20FN3O4S. The number of nitrogens with one attached hydrogen (secondary N) is 2.